The first kappa shape index (κ1) is 10.7. The van der Waals surface area contributed by atoms with Crippen molar-refractivity contribution in [2.75, 3.05) is 5.73 Å². The van der Waals surface area contributed by atoms with Crippen LogP contribution in [0.3, 0.4) is 0 Å². The first-order chi connectivity index (χ1) is 6.65. The quantitative estimate of drug-likeness (QED) is 0.594. The predicted molar refractivity (Wildman–Crippen MR) is 55.0 cm³/mol. The number of nitrogens with two attached hydrogens (primary N) is 1. The van der Waals surface area contributed by atoms with E-state index in [1.54, 1.807) is 0 Å². The fraction of sp³-hybridized carbons (Fsp3) is 0.364. The number of aldehydes is 1. The molecule has 0 radical (unpaired) electrons. The Morgan fingerprint density at radius 2 is 2.07 bits per heavy atom. The molecule has 0 aliphatic heterocycles. The molecule has 1 aromatic rings. The minimum atomic E-state index is -0.522. The number of hydrogen-bond acceptors (Lipinski definition) is 2. The molecular formula is C11H14FNO. The highest BCUT2D eigenvalue weighted by atomic mass is 19.1. The van der Waals surface area contributed by atoms with Crippen LogP contribution in [0.5, 0.6) is 0 Å². The summed E-state index contributed by atoms with van der Waals surface area (Å²) in [4.78, 5) is 10.6. The number of halogens is 1. The van der Waals surface area contributed by atoms with Gasteiger partial charge in [0.1, 0.15) is 5.82 Å². The lowest BCUT2D eigenvalue weighted by Gasteiger charge is -2.11. The van der Waals surface area contributed by atoms with Gasteiger partial charge in [-0.2, -0.15) is 0 Å². The Labute approximate surface area is 82.9 Å². The van der Waals surface area contributed by atoms with Gasteiger partial charge < -0.3 is 5.73 Å². The predicted octanol–water partition coefficient (Wildman–Crippen LogP) is 2.35. The van der Waals surface area contributed by atoms with Crippen LogP contribution in [0.1, 0.15) is 35.3 Å². The van der Waals surface area contributed by atoms with Gasteiger partial charge in [-0.1, -0.05) is 13.8 Å². The maximum Gasteiger partial charge on any atom is 0.155 e. The lowest BCUT2D eigenvalue weighted by Crippen LogP contribution is -2.05. The van der Waals surface area contributed by atoms with E-state index in [1.807, 2.05) is 13.8 Å². The van der Waals surface area contributed by atoms with Crippen LogP contribution in [0.4, 0.5) is 10.1 Å². The molecule has 0 aliphatic rings. The molecule has 0 bridgehead atoms. The fourth-order valence-electron chi connectivity index (χ4n) is 1.63. The van der Waals surface area contributed by atoms with E-state index < -0.39 is 5.82 Å². The SMILES string of the molecule is CCc1cc(F)c(C=O)c(N)c1CC. The van der Waals surface area contributed by atoms with E-state index >= 15 is 0 Å². The minimum Gasteiger partial charge on any atom is -0.398 e. The van der Waals surface area contributed by atoms with Gasteiger partial charge in [-0.05, 0) is 30.0 Å². The van der Waals surface area contributed by atoms with Crippen LogP contribution >= 0.6 is 0 Å². The normalized spacial score (nSPS) is 10.2. The monoisotopic (exact) mass is 195 g/mol. The number of carbonyl (C=O) groups excluding carboxylic acids is 1. The van der Waals surface area contributed by atoms with Gasteiger partial charge in [0.15, 0.2) is 6.29 Å². The minimum absolute atomic E-state index is 0.0148. The van der Waals surface area contributed by atoms with Crippen molar-refractivity contribution < 1.29 is 9.18 Å². The van der Waals surface area contributed by atoms with Crippen molar-refractivity contribution in [3.63, 3.8) is 0 Å². The first-order valence-electron chi connectivity index (χ1n) is 4.70. The van der Waals surface area contributed by atoms with Crippen LogP contribution in [0.15, 0.2) is 6.07 Å². The molecular weight excluding hydrogens is 181 g/mol. The van der Waals surface area contributed by atoms with Gasteiger partial charge in [-0.25, -0.2) is 4.39 Å². The second-order valence-corrected chi connectivity index (χ2v) is 3.15. The summed E-state index contributed by atoms with van der Waals surface area (Å²) in [5.41, 5.74) is 7.75. The zero-order chi connectivity index (χ0) is 10.7. The second-order valence-electron chi connectivity index (χ2n) is 3.15. The molecule has 0 fully saturated rings. The summed E-state index contributed by atoms with van der Waals surface area (Å²) in [5.74, 6) is -0.522. The number of anilines is 1. The van der Waals surface area contributed by atoms with E-state index in [0.29, 0.717) is 12.0 Å². The van der Waals surface area contributed by atoms with Gasteiger partial charge in [0, 0.05) is 5.69 Å². The molecule has 0 amide bonds. The third-order valence-electron chi connectivity index (χ3n) is 2.41. The summed E-state index contributed by atoms with van der Waals surface area (Å²) >= 11 is 0. The maximum atomic E-state index is 13.3. The molecule has 2 nitrogen and oxygen atoms in total. The Bertz CT molecular complexity index is 361. The number of carbonyl (C=O) groups is 1. The van der Waals surface area contributed by atoms with Crippen LogP contribution in [0, 0.1) is 5.82 Å². The molecule has 76 valence electrons. The van der Waals surface area contributed by atoms with Gasteiger partial charge in [-0.3, -0.25) is 4.79 Å². The Balaban J connectivity index is 3.46. The van der Waals surface area contributed by atoms with Gasteiger partial charge in [0.2, 0.25) is 0 Å². The van der Waals surface area contributed by atoms with Crippen LogP contribution in [0.25, 0.3) is 0 Å². The molecule has 0 saturated carbocycles. The van der Waals surface area contributed by atoms with Crippen molar-refractivity contribution in [1.82, 2.24) is 0 Å². The molecule has 0 aliphatic carbocycles. The van der Waals surface area contributed by atoms with Crippen molar-refractivity contribution in [3.05, 3.63) is 28.6 Å². The topological polar surface area (TPSA) is 43.1 Å². The van der Waals surface area contributed by atoms with E-state index in [9.17, 15) is 9.18 Å². The van der Waals surface area contributed by atoms with Crippen molar-refractivity contribution in [1.29, 1.82) is 0 Å². The number of hydrogen-bond donors (Lipinski definition) is 1. The van der Waals surface area contributed by atoms with E-state index in [-0.39, 0.29) is 5.56 Å². The van der Waals surface area contributed by atoms with Gasteiger partial charge in [0.05, 0.1) is 5.56 Å². The molecule has 0 atom stereocenters. The van der Waals surface area contributed by atoms with Crippen LogP contribution < -0.4 is 5.73 Å². The summed E-state index contributed by atoms with van der Waals surface area (Å²) in [6.07, 6.45) is 1.92. The zero-order valence-electron chi connectivity index (χ0n) is 8.43. The average molecular weight is 195 g/mol. The summed E-state index contributed by atoms with van der Waals surface area (Å²) in [5, 5.41) is 0. The van der Waals surface area contributed by atoms with Crippen molar-refractivity contribution in [3.8, 4) is 0 Å². The fourth-order valence-corrected chi connectivity index (χ4v) is 1.63. The summed E-state index contributed by atoms with van der Waals surface area (Å²) < 4.78 is 13.3. The van der Waals surface area contributed by atoms with E-state index in [0.717, 1.165) is 24.0 Å². The zero-order valence-corrected chi connectivity index (χ0v) is 8.43. The smallest absolute Gasteiger partial charge is 0.155 e. The number of nitrogen functional groups attached to an aromatic ring is 1. The third kappa shape index (κ3) is 1.62. The Kier molecular flexibility index (Phi) is 3.23. The maximum absolute atomic E-state index is 13.3. The summed E-state index contributed by atoms with van der Waals surface area (Å²) in [6, 6.07) is 1.40. The highest BCUT2D eigenvalue weighted by Gasteiger charge is 2.13. The van der Waals surface area contributed by atoms with E-state index in [2.05, 4.69) is 0 Å². The molecule has 0 heterocycles. The summed E-state index contributed by atoms with van der Waals surface area (Å²) in [7, 11) is 0. The number of rotatable bonds is 3. The lowest BCUT2D eigenvalue weighted by atomic mass is 9.97. The summed E-state index contributed by atoms with van der Waals surface area (Å²) in [6.45, 7) is 3.88. The molecule has 14 heavy (non-hydrogen) atoms. The van der Waals surface area contributed by atoms with E-state index in [4.69, 9.17) is 5.73 Å². The van der Waals surface area contributed by atoms with Crippen molar-refractivity contribution in [2.24, 2.45) is 0 Å². The first-order valence-corrected chi connectivity index (χ1v) is 4.70. The van der Waals surface area contributed by atoms with Crippen LogP contribution in [-0.4, -0.2) is 6.29 Å². The molecule has 3 heteroatoms. The van der Waals surface area contributed by atoms with Crippen molar-refractivity contribution >= 4 is 12.0 Å². The Morgan fingerprint density at radius 1 is 1.43 bits per heavy atom. The molecule has 1 rings (SSSR count). The van der Waals surface area contributed by atoms with Gasteiger partial charge in [0.25, 0.3) is 0 Å². The Hall–Kier alpha value is -1.38. The van der Waals surface area contributed by atoms with Crippen LogP contribution in [-0.2, 0) is 12.8 Å². The number of benzene rings is 1. The largest absolute Gasteiger partial charge is 0.398 e. The van der Waals surface area contributed by atoms with Gasteiger partial charge >= 0.3 is 0 Å². The molecule has 0 aromatic heterocycles. The molecule has 2 N–H and O–H groups in total. The molecule has 0 saturated heterocycles. The highest BCUT2D eigenvalue weighted by Crippen LogP contribution is 2.24. The molecule has 0 spiro atoms. The number of aryl methyl sites for hydroxylation is 1. The standard InChI is InChI=1S/C11H14FNO/c1-3-7-5-10(12)9(6-14)11(13)8(7)4-2/h5-6H,3-4,13H2,1-2H3. The molecule has 1 aromatic carbocycles. The van der Waals surface area contributed by atoms with Crippen LogP contribution in [0.2, 0.25) is 0 Å². The third-order valence-corrected chi connectivity index (χ3v) is 2.41. The Morgan fingerprint density at radius 3 is 2.50 bits per heavy atom. The van der Waals surface area contributed by atoms with Gasteiger partial charge in [-0.15, -0.1) is 0 Å². The highest BCUT2D eigenvalue weighted by molar-refractivity contribution is 5.85. The average Bonchev–Trinajstić information content (AvgIpc) is 2.17. The van der Waals surface area contributed by atoms with Crippen molar-refractivity contribution in [2.45, 2.75) is 26.7 Å². The van der Waals surface area contributed by atoms with E-state index in [1.165, 1.54) is 6.07 Å². The lowest BCUT2D eigenvalue weighted by molar-refractivity contribution is 0.112. The molecule has 0 unspecified atom stereocenters. The second kappa shape index (κ2) is 4.22.